The molecule has 0 aromatic heterocycles. The van der Waals surface area contributed by atoms with Gasteiger partial charge >= 0.3 is 118 Å². The van der Waals surface area contributed by atoms with Crippen molar-refractivity contribution in [1.29, 1.82) is 0 Å². The first kappa shape index (κ1) is 54.4. The Balaban J connectivity index is 0.00000756. The van der Waals surface area contributed by atoms with Gasteiger partial charge in [-0.1, -0.05) is 36.4 Å². The quantitative estimate of drug-likeness (QED) is 0.0318. The number of nitrogens with zero attached hydrogens (tertiary/aromatic N) is 4. The van der Waals surface area contributed by atoms with Gasteiger partial charge in [-0.25, -0.2) is 33.7 Å². The molecule has 0 heterocycles. The Labute approximate surface area is 407 Å². The van der Waals surface area contributed by atoms with Crippen molar-refractivity contribution in [2.75, 3.05) is 0 Å². The number of hydrogen-bond acceptors (Lipinski definition) is 18. The maximum Gasteiger partial charge on any atom is 1.00 e. The van der Waals surface area contributed by atoms with Crippen LogP contribution in [0.3, 0.4) is 0 Å². The van der Waals surface area contributed by atoms with Crippen molar-refractivity contribution < 1.29 is 180 Å². The summed E-state index contributed by atoms with van der Waals surface area (Å²) in [6.07, 6.45) is 3.71. The van der Waals surface area contributed by atoms with E-state index in [4.69, 9.17) is 0 Å². The Morgan fingerprint density at radius 2 is 0.643 bits per heavy atom. The molecule has 28 heteroatoms. The van der Waals surface area contributed by atoms with Crippen LogP contribution in [0.5, 0.6) is 0 Å². The van der Waals surface area contributed by atoms with Gasteiger partial charge in [-0.2, -0.15) is 10.2 Å². The Hall–Kier alpha value is -1.60. The second-order valence-electron chi connectivity index (χ2n) is 10.1. The molecule has 0 aliphatic heterocycles. The zero-order valence-electron chi connectivity index (χ0n) is 29.2. The molecule has 4 aromatic carbocycles. The van der Waals surface area contributed by atoms with E-state index in [0.717, 1.165) is 85.0 Å². The van der Waals surface area contributed by atoms with Crippen LogP contribution in [0.4, 0.5) is 22.7 Å². The molecule has 0 unspecified atom stereocenters. The minimum absolute atomic E-state index is 0. The van der Waals surface area contributed by atoms with Crippen LogP contribution in [0.2, 0.25) is 0 Å². The minimum Gasteiger partial charge on any atom is -0.744 e. The van der Waals surface area contributed by atoms with Gasteiger partial charge in [-0.05, 0) is 58.7 Å². The van der Waals surface area contributed by atoms with Crippen molar-refractivity contribution in [3.63, 3.8) is 0 Å². The molecule has 0 aliphatic rings. The summed E-state index contributed by atoms with van der Waals surface area (Å²) in [6, 6.07) is 10.4. The number of nitro groups is 2. The number of benzene rings is 4. The summed E-state index contributed by atoms with van der Waals surface area (Å²) in [6.45, 7) is 0. The molecule has 0 fully saturated rings. The van der Waals surface area contributed by atoms with Crippen LogP contribution in [0.25, 0.3) is 24.3 Å². The molecular formula is C28H16N4Na4O16S4. The number of nitro benzene ring substituents is 2. The molecule has 0 N–H and O–H groups in total. The number of azo groups is 1. The fourth-order valence-corrected chi connectivity index (χ4v) is 7.09. The van der Waals surface area contributed by atoms with Gasteiger partial charge in [0.1, 0.15) is 40.5 Å². The van der Waals surface area contributed by atoms with Crippen LogP contribution in [0, 0.1) is 20.2 Å². The predicted octanol–water partition coefficient (Wildman–Crippen LogP) is -8.11. The summed E-state index contributed by atoms with van der Waals surface area (Å²) in [5, 5.41) is 29.5. The number of hydrogen-bond donors (Lipinski definition) is 0. The first-order valence-electron chi connectivity index (χ1n) is 13.4. The molecule has 0 aliphatic carbocycles. The standard InChI is InChI=1S/C28H20N4O16S4.4Na/c33-31(34)23-11-7-19(27(15-23)51(43,44)45)3-1-17-5-9-21(13-25(17)49(37,38)39)29-30-22-10-6-18(26(14-22)50(40,41)42)2-4-20-8-12-24(32(35)36)16-28(20)52(46,47)48;;;;/h1-16H,(H,37,38,39)(H,40,41,42)(H,43,44,45)(H,46,47,48);;;;/q;4*+1/p-4/b3-1+,4-2+,30-29?;;;;. The molecule has 0 radical (unpaired) electrons. The molecule has 0 saturated carbocycles. The summed E-state index contributed by atoms with van der Waals surface area (Å²) in [5.74, 6) is 0. The van der Waals surface area contributed by atoms with E-state index in [9.17, 15) is 72.1 Å². The number of non-ortho nitro benzene ring substituents is 2. The Bertz CT molecular complexity index is 2530. The van der Waals surface area contributed by atoms with Crippen molar-refractivity contribution in [1.82, 2.24) is 0 Å². The van der Waals surface area contributed by atoms with Gasteiger partial charge in [0.25, 0.3) is 11.4 Å². The summed E-state index contributed by atoms with van der Waals surface area (Å²) >= 11 is 0. The smallest absolute Gasteiger partial charge is 0.744 e. The first-order chi connectivity index (χ1) is 23.9. The van der Waals surface area contributed by atoms with Crippen molar-refractivity contribution in [3.8, 4) is 0 Å². The van der Waals surface area contributed by atoms with Crippen LogP contribution in [-0.4, -0.2) is 61.7 Å². The van der Waals surface area contributed by atoms with E-state index in [1.54, 1.807) is 0 Å². The van der Waals surface area contributed by atoms with Gasteiger partial charge in [0.2, 0.25) is 0 Å². The van der Waals surface area contributed by atoms with Crippen molar-refractivity contribution in [2.24, 2.45) is 10.2 Å². The van der Waals surface area contributed by atoms with Gasteiger partial charge in [0.15, 0.2) is 0 Å². The zero-order valence-corrected chi connectivity index (χ0v) is 40.5. The second kappa shape index (κ2) is 21.6. The van der Waals surface area contributed by atoms with Crippen LogP contribution in [-0.2, 0) is 40.5 Å². The number of rotatable bonds is 12. The third-order valence-corrected chi connectivity index (χ3v) is 10.2. The molecular weight excluding hydrogens is 869 g/mol. The third kappa shape index (κ3) is 14.6. The van der Waals surface area contributed by atoms with E-state index < -0.39 is 81.3 Å². The molecule has 4 aromatic rings. The molecule has 0 amide bonds. The Kier molecular flexibility index (Phi) is 21.0. The Morgan fingerprint density at radius 1 is 0.411 bits per heavy atom. The van der Waals surface area contributed by atoms with E-state index in [1.165, 1.54) is 0 Å². The van der Waals surface area contributed by atoms with Gasteiger partial charge in [-0.3, -0.25) is 20.2 Å². The van der Waals surface area contributed by atoms with Gasteiger partial charge in [0.05, 0.1) is 40.8 Å². The van der Waals surface area contributed by atoms with Crippen molar-refractivity contribution >= 4 is 87.5 Å². The molecule has 0 atom stereocenters. The van der Waals surface area contributed by atoms with E-state index in [2.05, 4.69) is 10.2 Å². The minimum atomic E-state index is -5.27. The SMILES string of the molecule is O=[N+]([O-])c1ccc(/C=C/c2ccc(N=Nc3ccc(/C=C/c4ccc([N+](=O)[O-])cc4S(=O)(=O)[O-])c(S(=O)(=O)[O-])c3)cc2S(=O)(=O)[O-])c(S(=O)(=O)[O-])c1.[Na+].[Na+].[Na+].[Na+]. The molecule has 20 nitrogen and oxygen atoms in total. The maximum absolute atomic E-state index is 12.0. The average molecular weight is 885 g/mol. The van der Waals surface area contributed by atoms with E-state index >= 15 is 0 Å². The fraction of sp³-hybridized carbons (Fsp3) is 0. The molecule has 0 saturated heterocycles. The second-order valence-corrected chi connectivity index (χ2v) is 15.5. The van der Waals surface area contributed by atoms with Crippen LogP contribution in [0.1, 0.15) is 22.3 Å². The summed E-state index contributed by atoms with van der Waals surface area (Å²) in [5.41, 5.74) is -3.45. The van der Waals surface area contributed by atoms with Crippen molar-refractivity contribution in [2.45, 2.75) is 19.6 Å². The van der Waals surface area contributed by atoms with Gasteiger partial charge < -0.3 is 18.2 Å². The maximum atomic E-state index is 12.0. The molecule has 4 rings (SSSR count). The molecule has 56 heavy (non-hydrogen) atoms. The Morgan fingerprint density at radius 3 is 0.875 bits per heavy atom. The molecule has 0 spiro atoms. The molecule has 272 valence electrons. The monoisotopic (exact) mass is 884 g/mol. The average Bonchev–Trinajstić information content (AvgIpc) is 3.03. The molecule has 0 bridgehead atoms. The summed E-state index contributed by atoms with van der Waals surface area (Å²) < 4.78 is 142. The zero-order chi connectivity index (χ0) is 38.8. The normalized spacial score (nSPS) is 12.0. The van der Waals surface area contributed by atoms with Gasteiger partial charge in [-0.15, -0.1) is 0 Å². The van der Waals surface area contributed by atoms with E-state index in [1.807, 2.05) is 0 Å². The topological polar surface area (TPSA) is 340 Å². The van der Waals surface area contributed by atoms with E-state index in [0.29, 0.717) is 12.1 Å². The largest absolute Gasteiger partial charge is 1.00 e. The fourth-order valence-electron chi connectivity index (χ4n) is 4.34. The van der Waals surface area contributed by atoms with Crippen LogP contribution >= 0.6 is 0 Å². The summed E-state index contributed by atoms with van der Waals surface area (Å²) in [7, 11) is -21.0. The predicted molar refractivity (Wildman–Crippen MR) is 173 cm³/mol. The van der Waals surface area contributed by atoms with Gasteiger partial charge in [0, 0.05) is 24.3 Å². The van der Waals surface area contributed by atoms with E-state index in [-0.39, 0.29) is 152 Å². The van der Waals surface area contributed by atoms with Crippen molar-refractivity contribution in [3.05, 3.63) is 115 Å². The van der Waals surface area contributed by atoms with Crippen LogP contribution < -0.4 is 118 Å². The third-order valence-electron chi connectivity index (χ3n) is 6.65. The summed E-state index contributed by atoms with van der Waals surface area (Å²) in [4.78, 5) is 16.3. The van der Waals surface area contributed by atoms with Crippen LogP contribution in [0.15, 0.2) is 103 Å². The first-order valence-corrected chi connectivity index (χ1v) is 19.0.